The van der Waals surface area contributed by atoms with E-state index in [-0.39, 0.29) is 11.9 Å². The van der Waals surface area contributed by atoms with Gasteiger partial charge in [-0.2, -0.15) is 0 Å². The molecular formula is C17H20N4O. The van der Waals surface area contributed by atoms with E-state index >= 15 is 0 Å². The van der Waals surface area contributed by atoms with Gasteiger partial charge in [0.15, 0.2) is 0 Å². The van der Waals surface area contributed by atoms with Crippen molar-refractivity contribution in [3.05, 3.63) is 47.9 Å². The lowest BCUT2D eigenvalue weighted by atomic mass is 10.2. The third-order valence-corrected chi connectivity index (χ3v) is 4.04. The molecule has 1 aliphatic rings. The summed E-state index contributed by atoms with van der Waals surface area (Å²) in [5, 5.41) is 2.94. The van der Waals surface area contributed by atoms with Gasteiger partial charge in [0.1, 0.15) is 17.8 Å². The molecule has 0 saturated carbocycles. The van der Waals surface area contributed by atoms with Crippen LogP contribution in [0, 0.1) is 0 Å². The molecule has 1 aromatic heterocycles. The Labute approximate surface area is 130 Å². The maximum Gasteiger partial charge on any atom is 0.270 e. The first-order valence-corrected chi connectivity index (χ1v) is 7.67. The molecule has 114 valence electrons. The highest BCUT2D eigenvalue weighted by Crippen LogP contribution is 2.32. The number of amides is 1. The van der Waals surface area contributed by atoms with Gasteiger partial charge in [0.05, 0.1) is 0 Å². The number of hydrogen-bond acceptors (Lipinski definition) is 4. The van der Waals surface area contributed by atoms with E-state index in [1.165, 1.54) is 11.9 Å². The molecule has 3 rings (SSSR count). The van der Waals surface area contributed by atoms with E-state index in [4.69, 9.17) is 0 Å². The Kier molecular flexibility index (Phi) is 4.04. The van der Waals surface area contributed by atoms with Gasteiger partial charge in [-0.15, -0.1) is 0 Å². The largest absolute Gasteiger partial charge is 0.348 e. The average molecular weight is 296 g/mol. The summed E-state index contributed by atoms with van der Waals surface area (Å²) in [6.45, 7) is 4.90. The van der Waals surface area contributed by atoms with Crippen LogP contribution in [0.4, 0.5) is 11.5 Å². The van der Waals surface area contributed by atoms with Crippen molar-refractivity contribution in [3.63, 3.8) is 0 Å². The molecule has 0 spiro atoms. The number of nitrogens with one attached hydrogen (secondary N) is 1. The Bertz CT molecular complexity index is 686. The maximum atomic E-state index is 12.2. The lowest BCUT2D eigenvalue weighted by Gasteiger charge is -2.18. The predicted octanol–water partition coefficient (Wildman–Crippen LogP) is 2.70. The van der Waals surface area contributed by atoms with Crippen LogP contribution >= 0.6 is 0 Å². The molecule has 1 N–H and O–H groups in total. The second kappa shape index (κ2) is 6.13. The lowest BCUT2D eigenvalue weighted by Crippen LogP contribution is -2.32. The normalized spacial score (nSPS) is 14.5. The number of nitrogens with zero attached hydrogens (tertiary/aromatic N) is 3. The Balaban J connectivity index is 1.85. The molecule has 0 aliphatic carbocycles. The second-order valence-electron chi connectivity index (χ2n) is 5.57. The summed E-state index contributed by atoms with van der Waals surface area (Å²) in [5.74, 6) is 0.625. The molecule has 1 aliphatic heterocycles. The standard InChI is InChI=1S/C17H20N4O/c1-3-12(2)20-17(22)14-10-16(19-11-18-14)21-9-8-13-6-4-5-7-15(13)21/h4-7,10-12H,3,8-9H2,1-2H3,(H,20,22). The van der Waals surface area contributed by atoms with E-state index in [2.05, 4.69) is 32.3 Å². The van der Waals surface area contributed by atoms with E-state index in [0.29, 0.717) is 5.69 Å². The molecule has 5 heteroatoms. The Hall–Kier alpha value is -2.43. The Morgan fingerprint density at radius 2 is 2.18 bits per heavy atom. The molecular weight excluding hydrogens is 276 g/mol. The minimum Gasteiger partial charge on any atom is -0.348 e. The molecule has 0 bridgehead atoms. The summed E-state index contributed by atoms with van der Waals surface area (Å²) >= 11 is 0. The third kappa shape index (κ3) is 2.79. The monoisotopic (exact) mass is 296 g/mol. The average Bonchev–Trinajstić information content (AvgIpc) is 2.99. The van der Waals surface area contributed by atoms with Crippen LogP contribution in [-0.4, -0.2) is 28.5 Å². The zero-order chi connectivity index (χ0) is 15.5. The summed E-state index contributed by atoms with van der Waals surface area (Å²) < 4.78 is 0. The molecule has 0 saturated heterocycles. The van der Waals surface area contributed by atoms with Crippen molar-refractivity contribution in [1.82, 2.24) is 15.3 Å². The van der Waals surface area contributed by atoms with Crippen LogP contribution in [0.2, 0.25) is 0 Å². The number of aromatic nitrogens is 2. The fourth-order valence-corrected chi connectivity index (χ4v) is 2.59. The first kappa shape index (κ1) is 14.5. The van der Waals surface area contributed by atoms with Gasteiger partial charge in [0.2, 0.25) is 0 Å². The van der Waals surface area contributed by atoms with Gasteiger partial charge < -0.3 is 10.2 Å². The van der Waals surface area contributed by atoms with Gasteiger partial charge in [-0.1, -0.05) is 25.1 Å². The minimum absolute atomic E-state index is 0.137. The first-order chi connectivity index (χ1) is 10.7. The highest BCUT2D eigenvalue weighted by atomic mass is 16.1. The fraction of sp³-hybridized carbons (Fsp3) is 0.353. The fourth-order valence-electron chi connectivity index (χ4n) is 2.59. The number of benzene rings is 1. The van der Waals surface area contributed by atoms with E-state index in [0.717, 1.165) is 30.9 Å². The lowest BCUT2D eigenvalue weighted by molar-refractivity contribution is 0.0934. The number of para-hydroxylation sites is 1. The van der Waals surface area contributed by atoms with Crippen molar-refractivity contribution in [2.75, 3.05) is 11.4 Å². The molecule has 5 nitrogen and oxygen atoms in total. The SMILES string of the molecule is CCC(C)NC(=O)c1cc(N2CCc3ccccc32)ncn1. The molecule has 1 atom stereocenters. The summed E-state index contributed by atoms with van der Waals surface area (Å²) in [4.78, 5) is 22.8. The van der Waals surface area contributed by atoms with Gasteiger partial charge in [-0.25, -0.2) is 9.97 Å². The van der Waals surface area contributed by atoms with Crippen molar-refractivity contribution in [1.29, 1.82) is 0 Å². The quantitative estimate of drug-likeness (QED) is 0.942. The van der Waals surface area contributed by atoms with Crippen LogP contribution in [-0.2, 0) is 6.42 Å². The number of hydrogen-bond donors (Lipinski definition) is 1. The van der Waals surface area contributed by atoms with E-state index in [1.807, 2.05) is 26.0 Å². The summed E-state index contributed by atoms with van der Waals surface area (Å²) in [6.07, 6.45) is 3.35. The summed E-state index contributed by atoms with van der Waals surface area (Å²) in [7, 11) is 0. The van der Waals surface area contributed by atoms with Gasteiger partial charge in [-0.3, -0.25) is 4.79 Å². The van der Waals surface area contributed by atoms with Gasteiger partial charge in [-0.05, 0) is 31.4 Å². The molecule has 1 aromatic carbocycles. The highest BCUT2D eigenvalue weighted by Gasteiger charge is 2.22. The molecule has 2 aromatic rings. The smallest absolute Gasteiger partial charge is 0.270 e. The van der Waals surface area contributed by atoms with Crippen LogP contribution in [0.15, 0.2) is 36.7 Å². The van der Waals surface area contributed by atoms with Crippen molar-refractivity contribution in [2.24, 2.45) is 0 Å². The van der Waals surface area contributed by atoms with Crippen LogP contribution in [0.1, 0.15) is 36.3 Å². The molecule has 2 heterocycles. The molecule has 0 fully saturated rings. The van der Waals surface area contributed by atoms with Crippen LogP contribution in [0.25, 0.3) is 0 Å². The van der Waals surface area contributed by atoms with Crippen molar-refractivity contribution < 1.29 is 4.79 Å². The van der Waals surface area contributed by atoms with E-state index < -0.39 is 0 Å². The highest BCUT2D eigenvalue weighted by molar-refractivity contribution is 5.93. The maximum absolute atomic E-state index is 12.2. The zero-order valence-corrected chi connectivity index (χ0v) is 12.9. The number of fused-ring (bicyclic) bond motifs is 1. The van der Waals surface area contributed by atoms with Crippen LogP contribution in [0.3, 0.4) is 0 Å². The van der Waals surface area contributed by atoms with Gasteiger partial charge in [0, 0.05) is 24.3 Å². The summed E-state index contributed by atoms with van der Waals surface area (Å²) in [6, 6.07) is 10.2. The van der Waals surface area contributed by atoms with Crippen molar-refractivity contribution in [3.8, 4) is 0 Å². The number of carbonyl (C=O) groups excluding carboxylic acids is 1. The first-order valence-electron chi connectivity index (χ1n) is 7.67. The van der Waals surface area contributed by atoms with Crippen molar-refractivity contribution in [2.45, 2.75) is 32.7 Å². The minimum atomic E-state index is -0.148. The van der Waals surface area contributed by atoms with Crippen LogP contribution in [0.5, 0.6) is 0 Å². The Morgan fingerprint density at radius 1 is 1.36 bits per heavy atom. The molecule has 1 amide bonds. The van der Waals surface area contributed by atoms with E-state index in [1.54, 1.807) is 6.07 Å². The number of rotatable bonds is 4. The molecule has 22 heavy (non-hydrogen) atoms. The molecule has 1 unspecified atom stereocenters. The molecule has 0 radical (unpaired) electrons. The predicted molar refractivity (Wildman–Crippen MR) is 86.4 cm³/mol. The topological polar surface area (TPSA) is 58.1 Å². The Morgan fingerprint density at radius 3 is 3.00 bits per heavy atom. The number of carbonyl (C=O) groups is 1. The van der Waals surface area contributed by atoms with Gasteiger partial charge >= 0.3 is 0 Å². The van der Waals surface area contributed by atoms with Crippen LogP contribution < -0.4 is 10.2 Å². The summed E-state index contributed by atoms with van der Waals surface area (Å²) in [5.41, 5.74) is 2.89. The third-order valence-electron chi connectivity index (χ3n) is 4.04. The van der Waals surface area contributed by atoms with Gasteiger partial charge in [0.25, 0.3) is 5.91 Å². The second-order valence-corrected chi connectivity index (χ2v) is 5.57. The van der Waals surface area contributed by atoms with Crippen molar-refractivity contribution >= 4 is 17.4 Å². The van der Waals surface area contributed by atoms with E-state index in [9.17, 15) is 4.79 Å². The zero-order valence-electron chi connectivity index (χ0n) is 12.9. The number of anilines is 2.